The minimum atomic E-state index is 0. The van der Waals surface area contributed by atoms with Crippen molar-refractivity contribution < 1.29 is 21.5 Å². The first-order valence-corrected chi connectivity index (χ1v) is 11.1. The third-order valence-corrected chi connectivity index (χ3v) is 5.24. The summed E-state index contributed by atoms with van der Waals surface area (Å²) in [6.07, 6.45) is 25.2. The number of halogens is 1. The van der Waals surface area contributed by atoms with E-state index in [1.54, 1.807) is 0 Å². The highest BCUT2D eigenvalue weighted by Gasteiger charge is 2.10. The van der Waals surface area contributed by atoms with E-state index >= 15 is 0 Å². The van der Waals surface area contributed by atoms with Gasteiger partial charge in [0, 0.05) is 0 Å². The topological polar surface area (TPSA) is 0 Å². The van der Waals surface area contributed by atoms with Gasteiger partial charge < -0.3 is 21.5 Å². The number of hydrogen-bond donors (Lipinski definition) is 0. The number of quaternary nitrogens is 1. The average Bonchev–Trinajstić information content (AvgIpc) is 2.54. The lowest BCUT2D eigenvalue weighted by molar-refractivity contribution is -0.884. The highest BCUT2D eigenvalue weighted by Crippen LogP contribution is 2.14. The Morgan fingerprint density at radius 1 is 0.600 bits per heavy atom. The predicted molar refractivity (Wildman–Crippen MR) is 112 cm³/mol. The number of likely N-dealkylation sites (N-methyl/N-ethyl adjacent to an activating group) is 1. The lowest BCUT2D eigenvalue weighted by Gasteiger charge is -2.28. The quantitative estimate of drug-likeness (QED) is 0.164. The van der Waals surface area contributed by atoms with Crippen molar-refractivity contribution in [2.45, 2.75) is 110 Å². The van der Waals surface area contributed by atoms with E-state index in [9.17, 15) is 0 Å². The Balaban J connectivity index is 0. The van der Waals surface area contributed by atoms with Gasteiger partial charge >= 0.3 is 0 Å². The van der Waals surface area contributed by atoms with Crippen LogP contribution in [0.3, 0.4) is 0 Å². The van der Waals surface area contributed by atoms with Gasteiger partial charge in [0.25, 0.3) is 0 Å². The zero-order valence-corrected chi connectivity index (χ0v) is 19.4. The fourth-order valence-corrected chi connectivity index (χ4v) is 3.53. The van der Waals surface area contributed by atoms with E-state index in [1.165, 1.54) is 109 Å². The van der Waals surface area contributed by atoms with Crippen LogP contribution in [0.1, 0.15) is 110 Å². The summed E-state index contributed by atoms with van der Waals surface area (Å²) in [6, 6.07) is 0. The van der Waals surface area contributed by atoms with Crippen LogP contribution < -0.4 is 17.0 Å². The van der Waals surface area contributed by atoms with Gasteiger partial charge in [-0.2, -0.15) is 0 Å². The van der Waals surface area contributed by atoms with Crippen LogP contribution in [0.15, 0.2) is 12.7 Å². The first kappa shape index (κ1) is 27.4. The summed E-state index contributed by atoms with van der Waals surface area (Å²) in [5.74, 6) is 0. The van der Waals surface area contributed by atoms with E-state index in [0.717, 1.165) is 11.0 Å². The highest BCUT2D eigenvalue weighted by molar-refractivity contribution is 4.64. The van der Waals surface area contributed by atoms with Gasteiger partial charge in [0.2, 0.25) is 0 Å². The van der Waals surface area contributed by atoms with Crippen LogP contribution in [0.2, 0.25) is 0 Å². The van der Waals surface area contributed by atoms with E-state index < -0.39 is 0 Å². The molecule has 0 aromatic carbocycles. The molecule has 0 saturated heterocycles. The van der Waals surface area contributed by atoms with Gasteiger partial charge in [-0.25, -0.2) is 0 Å². The molecular formula is C23H48BrN. The molecule has 0 rings (SSSR count). The third kappa shape index (κ3) is 22.1. The SMILES string of the molecule is C=CC[N+](C)(C)CCCCCCCCCCCCCCCCCC.[Br-]. The van der Waals surface area contributed by atoms with Gasteiger partial charge in [0.15, 0.2) is 0 Å². The molecule has 0 aromatic rings. The number of rotatable bonds is 19. The molecule has 2 heteroatoms. The molecule has 0 unspecified atom stereocenters. The molecule has 0 saturated carbocycles. The van der Waals surface area contributed by atoms with Gasteiger partial charge in [0.1, 0.15) is 0 Å². The second-order valence-electron chi connectivity index (χ2n) is 8.43. The molecule has 0 amide bonds. The monoisotopic (exact) mass is 417 g/mol. The maximum atomic E-state index is 3.85. The third-order valence-electron chi connectivity index (χ3n) is 5.24. The standard InChI is InChI=1S/C23H48N.BrH/c1-5-7-8-9-10-11-12-13-14-15-16-17-18-19-20-21-23-24(3,4)22-6-2;/h6H,2,5,7-23H2,1,3-4H3;1H/q+1;/p-1. The van der Waals surface area contributed by atoms with E-state index in [1.807, 2.05) is 6.08 Å². The molecule has 0 N–H and O–H groups in total. The Morgan fingerprint density at radius 3 is 1.24 bits per heavy atom. The molecule has 0 aliphatic rings. The normalized spacial score (nSPS) is 11.3. The van der Waals surface area contributed by atoms with E-state index in [2.05, 4.69) is 27.6 Å². The smallest absolute Gasteiger partial charge is 0.0966 e. The van der Waals surface area contributed by atoms with Gasteiger partial charge in [0.05, 0.1) is 27.2 Å². The van der Waals surface area contributed by atoms with Gasteiger partial charge in [-0.15, -0.1) is 0 Å². The van der Waals surface area contributed by atoms with Crippen molar-refractivity contribution >= 4 is 0 Å². The van der Waals surface area contributed by atoms with Crippen molar-refractivity contribution in [2.24, 2.45) is 0 Å². The van der Waals surface area contributed by atoms with Crippen molar-refractivity contribution in [2.75, 3.05) is 27.2 Å². The van der Waals surface area contributed by atoms with Gasteiger partial charge in [-0.05, 0) is 18.9 Å². The Morgan fingerprint density at radius 2 is 0.920 bits per heavy atom. The molecule has 0 fully saturated rings. The van der Waals surface area contributed by atoms with Crippen molar-refractivity contribution in [3.63, 3.8) is 0 Å². The number of unbranched alkanes of at least 4 members (excludes halogenated alkanes) is 15. The average molecular weight is 419 g/mol. The van der Waals surface area contributed by atoms with Crippen LogP contribution >= 0.6 is 0 Å². The first-order valence-electron chi connectivity index (χ1n) is 11.1. The zero-order chi connectivity index (χ0) is 17.9. The summed E-state index contributed by atoms with van der Waals surface area (Å²) in [7, 11) is 4.62. The Kier molecular flexibility index (Phi) is 22.5. The van der Waals surface area contributed by atoms with Crippen molar-refractivity contribution in [1.29, 1.82) is 0 Å². The molecule has 0 atom stereocenters. The molecular weight excluding hydrogens is 370 g/mol. The summed E-state index contributed by atoms with van der Waals surface area (Å²) >= 11 is 0. The molecule has 0 heterocycles. The van der Waals surface area contributed by atoms with Gasteiger partial charge in [-0.3, -0.25) is 0 Å². The fourth-order valence-electron chi connectivity index (χ4n) is 3.53. The molecule has 0 bridgehead atoms. The summed E-state index contributed by atoms with van der Waals surface area (Å²) in [4.78, 5) is 0. The molecule has 0 spiro atoms. The molecule has 25 heavy (non-hydrogen) atoms. The summed E-state index contributed by atoms with van der Waals surface area (Å²) in [6.45, 7) is 8.54. The Bertz CT molecular complexity index is 263. The zero-order valence-electron chi connectivity index (χ0n) is 17.8. The molecule has 0 aliphatic carbocycles. The lowest BCUT2D eigenvalue weighted by atomic mass is 10.0. The van der Waals surface area contributed by atoms with E-state index in [4.69, 9.17) is 0 Å². The number of nitrogens with zero attached hydrogens (tertiary/aromatic N) is 1. The molecule has 1 nitrogen and oxygen atoms in total. The van der Waals surface area contributed by atoms with Crippen LogP contribution in [-0.4, -0.2) is 31.7 Å². The second-order valence-corrected chi connectivity index (χ2v) is 8.43. The van der Waals surface area contributed by atoms with Crippen LogP contribution in [0.5, 0.6) is 0 Å². The maximum Gasteiger partial charge on any atom is 0.0966 e. The van der Waals surface area contributed by atoms with E-state index in [-0.39, 0.29) is 17.0 Å². The predicted octanol–water partition coefficient (Wildman–Crippen LogP) is 4.51. The van der Waals surface area contributed by atoms with Gasteiger partial charge in [-0.1, -0.05) is 103 Å². The Hall–Kier alpha value is 0.180. The minimum absolute atomic E-state index is 0. The van der Waals surface area contributed by atoms with Crippen LogP contribution in [0, 0.1) is 0 Å². The largest absolute Gasteiger partial charge is 1.00 e. The molecule has 152 valence electrons. The minimum Gasteiger partial charge on any atom is -1.00 e. The summed E-state index contributed by atoms with van der Waals surface area (Å²) in [5, 5.41) is 0. The molecule has 0 radical (unpaired) electrons. The van der Waals surface area contributed by atoms with Crippen molar-refractivity contribution in [1.82, 2.24) is 0 Å². The maximum absolute atomic E-state index is 3.85. The second kappa shape index (κ2) is 20.5. The molecule has 0 aromatic heterocycles. The van der Waals surface area contributed by atoms with Crippen molar-refractivity contribution in [3.05, 3.63) is 12.7 Å². The van der Waals surface area contributed by atoms with Crippen LogP contribution in [0.4, 0.5) is 0 Å². The Labute approximate surface area is 171 Å². The highest BCUT2D eigenvalue weighted by atomic mass is 79.9. The summed E-state index contributed by atoms with van der Waals surface area (Å²) in [5.41, 5.74) is 0. The van der Waals surface area contributed by atoms with Crippen molar-refractivity contribution in [3.8, 4) is 0 Å². The number of hydrogen-bond acceptors (Lipinski definition) is 0. The molecule has 0 aliphatic heterocycles. The lowest BCUT2D eigenvalue weighted by Crippen LogP contribution is -3.00. The van der Waals surface area contributed by atoms with Crippen LogP contribution in [0.25, 0.3) is 0 Å². The van der Waals surface area contributed by atoms with Crippen LogP contribution in [-0.2, 0) is 0 Å². The fraction of sp³-hybridized carbons (Fsp3) is 0.913. The summed E-state index contributed by atoms with van der Waals surface area (Å²) < 4.78 is 1.10. The first-order chi connectivity index (χ1) is 11.6. The van der Waals surface area contributed by atoms with E-state index in [0.29, 0.717) is 0 Å².